The molecule has 9 heteroatoms. The van der Waals surface area contributed by atoms with Crippen LogP contribution in [0.5, 0.6) is 5.75 Å². The highest BCUT2D eigenvalue weighted by molar-refractivity contribution is 7.88. The zero-order chi connectivity index (χ0) is 26.8. The lowest BCUT2D eigenvalue weighted by atomic mass is 10.1. The van der Waals surface area contributed by atoms with Crippen molar-refractivity contribution in [1.82, 2.24) is 14.1 Å². The molecule has 0 saturated carbocycles. The molecule has 1 unspecified atom stereocenters. The van der Waals surface area contributed by atoms with Crippen LogP contribution in [0.3, 0.4) is 0 Å². The van der Waals surface area contributed by atoms with Gasteiger partial charge in [0.15, 0.2) is 5.75 Å². The van der Waals surface area contributed by atoms with E-state index in [1.165, 1.54) is 15.8 Å². The lowest BCUT2D eigenvalue weighted by Gasteiger charge is -2.36. The van der Waals surface area contributed by atoms with E-state index in [0.29, 0.717) is 54.1 Å². The Bertz CT molecular complexity index is 1480. The molecule has 3 aromatic carbocycles. The number of hydrogen-bond acceptors (Lipinski definition) is 6. The summed E-state index contributed by atoms with van der Waals surface area (Å²) in [5, 5.41) is 5.03. The molecule has 39 heavy (non-hydrogen) atoms. The maximum absolute atomic E-state index is 13.8. The third-order valence-corrected chi connectivity index (χ3v) is 9.02. The number of piperazine rings is 1. The van der Waals surface area contributed by atoms with Gasteiger partial charge in [-0.15, -0.1) is 4.31 Å². The molecule has 200 valence electrons. The molecule has 1 aliphatic heterocycles. The predicted molar refractivity (Wildman–Crippen MR) is 155 cm³/mol. The van der Waals surface area contributed by atoms with Crippen LogP contribution in [0.1, 0.15) is 16.7 Å². The van der Waals surface area contributed by atoms with Gasteiger partial charge in [0.25, 0.3) is 0 Å². The van der Waals surface area contributed by atoms with Crippen molar-refractivity contribution < 1.29 is 9.29 Å². The second-order valence-electron chi connectivity index (χ2n) is 9.84. The summed E-state index contributed by atoms with van der Waals surface area (Å²) in [6, 6.07) is 25.3. The maximum Gasteiger partial charge on any atom is 0.316 e. The Hall–Kier alpha value is -3.30. The molecule has 1 aromatic heterocycles. The molecule has 0 amide bonds. The molecular formula is C30H29ClN4O3S. The standard InChI is InChI=1S/C30H29ClN4O3S/c31-25-11-6-12-26(19-25)35-30(36)29(38-27-17-23-9-4-5-10-24(23)18-27)28(20-32-35)33-13-15-34(16-14-33)39(37)21-22-7-2-1-3-8-22/h1-12,19-20,27H,13-18,21H2. The smallest absolute Gasteiger partial charge is 0.316 e. The van der Waals surface area contributed by atoms with Crippen molar-refractivity contribution in [3.05, 3.63) is 117 Å². The van der Waals surface area contributed by atoms with E-state index < -0.39 is 11.4 Å². The molecule has 1 saturated heterocycles. The first-order valence-corrected chi connectivity index (χ1v) is 14.7. The topological polar surface area (TPSA) is 73.7 Å². The first-order chi connectivity index (χ1) is 19.0. The van der Waals surface area contributed by atoms with Gasteiger partial charge < -0.3 is 14.2 Å². The van der Waals surface area contributed by atoms with Crippen LogP contribution in [-0.2, 0) is 30.0 Å². The van der Waals surface area contributed by atoms with E-state index in [2.05, 4.69) is 22.1 Å². The molecule has 2 aliphatic rings. The Balaban J connectivity index is 1.24. The number of hydrogen-bond donors (Lipinski definition) is 0. The van der Waals surface area contributed by atoms with Crippen molar-refractivity contribution in [2.75, 3.05) is 31.1 Å². The number of fused-ring (bicyclic) bond motifs is 1. The SMILES string of the molecule is O=c1c(OC2Cc3ccccc3C2)c(N2CCN([S+]([O-])Cc3ccccc3)CC2)cnn1-c1cccc(Cl)c1. The number of benzene rings is 3. The minimum atomic E-state index is -1.11. The van der Waals surface area contributed by atoms with Crippen molar-refractivity contribution in [2.24, 2.45) is 0 Å². The van der Waals surface area contributed by atoms with Gasteiger partial charge in [0, 0.05) is 47.9 Å². The van der Waals surface area contributed by atoms with E-state index in [4.69, 9.17) is 16.3 Å². The fourth-order valence-corrected chi connectivity index (χ4v) is 6.68. The summed E-state index contributed by atoms with van der Waals surface area (Å²) < 4.78 is 22.9. The molecular weight excluding hydrogens is 532 g/mol. The highest BCUT2D eigenvalue weighted by atomic mass is 35.5. The van der Waals surface area contributed by atoms with Gasteiger partial charge in [0.1, 0.15) is 11.8 Å². The third kappa shape index (κ3) is 5.70. The number of halogens is 1. The number of nitrogens with zero attached hydrogens (tertiary/aromatic N) is 4. The molecule has 1 fully saturated rings. The fraction of sp³-hybridized carbons (Fsp3) is 0.267. The van der Waals surface area contributed by atoms with E-state index in [1.807, 2.05) is 46.8 Å². The van der Waals surface area contributed by atoms with Crippen molar-refractivity contribution in [2.45, 2.75) is 24.7 Å². The summed E-state index contributed by atoms with van der Waals surface area (Å²) in [7, 11) is 0. The predicted octanol–water partition coefficient (Wildman–Crippen LogP) is 4.42. The minimum absolute atomic E-state index is 0.135. The monoisotopic (exact) mass is 560 g/mol. The quantitative estimate of drug-likeness (QED) is 0.312. The van der Waals surface area contributed by atoms with Crippen molar-refractivity contribution in [1.29, 1.82) is 0 Å². The van der Waals surface area contributed by atoms with E-state index >= 15 is 0 Å². The van der Waals surface area contributed by atoms with Gasteiger partial charge in [-0.3, -0.25) is 4.79 Å². The number of aromatic nitrogens is 2. The van der Waals surface area contributed by atoms with Gasteiger partial charge in [-0.25, -0.2) is 0 Å². The minimum Gasteiger partial charge on any atom is -0.598 e. The van der Waals surface area contributed by atoms with Crippen LogP contribution < -0.4 is 15.2 Å². The van der Waals surface area contributed by atoms with Crippen LogP contribution in [0.4, 0.5) is 5.69 Å². The van der Waals surface area contributed by atoms with Gasteiger partial charge in [-0.05, 0) is 29.3 Å². The zero-order valence-electron chi connectivity index (χ0n) is 21.4. The van der Waals surface area contributed by atoms with Crippen molar-refractivity contribution >= 4 is 28.7 Å². The van der Waals surface area contributed by atoms with Gasteiger partial charge in [0.05, 0.1) is 25.0 Å². The molecule has 0 N–H and O–H groups in total. The molecule has 0 bridgehead atoms. The van der Waals surface area contributed by atoms with Gasteiger partial charge in [0.2, 0.25) is 5.75 Å². The van der Waals surface area contributed by atoms with Crippen LogP contribution in [0.2, 0.25) is 5.02 Å². The summed E-state index contributed by atoms with van der Waals surface area (Å²) in [5.41, 5.74) is 4.49. The summed E-state index contributed by atoms with van der Waals surface area (Å²) in [6.45, 7) is 2.46. The number of ether oxygens (including phenoxy) is 1. The maximum atomic E-state index is 13.8. The molecule has 1 aliphatic carbocycles. The molecule has 4 aromatic rings. The molecule has 2 heterocycles. The normalized spacial score (nSPS) is 16.7. The first-order valence-electron chi connectivity index (χ1n) is 13.1. The van der Waals surface area contributed by atoms with Crippen LogP contribution in [0.15, 0.2) is 89.9 Å². The summed E-state index contributed by atoms with van der Waals surface area (Å²) in [5.74, 6) is 0.788. The lowest BCUT2D eigenvalue weighted by Crippen LogP contribution is -2.49. The summed E-state index contributed by atoms with van der Waals surface area (Å²) in [6.07, 6.45) is 3.07. The number of anilines is 1. The Morgan fingerprint density at radius 1 is 0.923 bits per heavy atom. The van der Waals surface area contributed by atoms with Crippen molar-refractivity contribution in [3.8, 4) is 11.4 Å². The largest absolute Gasteiger partial charge is 0.598 e. The average molecular weight is 561 g/mol. The van der Waals surface area contributed by atoms with E-state index in [0.717, 1.165) is 18.4 Å². The highest BCUT2D eigenvalue weighted by Gasteiger charge is 2.31. The van der Waals surface area contributed by atoms with Gasteiger partial charge in [-0.1, -0.05) is 72.3 Å². The first kappa shape index (κ1) is 26.0. The summed E-state index contributed by atoms with van der Waals surface area (Å²) in [4.78, 5) is 15.9. The Morgan fingerprint density at radius 2 is 1.62 bits per heavy atom. The lowest BCUT2D eigenvalue weighted by molar-refractivity contribution is 0.209. The molecule has 0 radical (unpaired) electrons. The van der Waals surface area contributed by atoms with E-state index in [1.54, 1.807) is 30.5 Å². The van der Waals surface area contributed by atoms with Gasteiger partial charge in [-0.2, -0.15) is 9.78 Å². The van der Waals surface area contributed by atoms with Crippen LogP contribution in [-0.4, -0.2) is 50.9 Å². The molecule has 1 atom stereocenters. The van der Waals surface area contributed by atoms with E-state index in [9.17, 15) is 9.35 Å². The Morgan fingerprint density at radius 3 is 2.31 bits per heavy atom. The van der Waals surface area contributed by atoms with Crippen LogP contribution >= 0.6 is 11.6 Å². The number of rotatable bonds is 7. The third-order valence-electron chi connectivity index (χ3n) is 7.27. The van der Waals surface area contributed by atoms with E-state index in [-0.39, 0.29) is 11.7 Å². The van der Waals surface area contributed by atoms with Gasteiger partial charge >= 0.3 is 5.56 Å². The highest BCUT2D eigenvalue weighted by Crippen LogP contribution is 2.31. The van der Waals surface area contributed by atoms with Crippen LogP contribution in [0, 0.1) is 0 Å². The Labute approximate surface area is 235 Å². The molecule has 7 nitrogen and oxygen atoms in total. The zero-order valence-corrected chi connectivity index (χ0v) is 23.0. The fourth-order valence-electron chi connectivity index (χ4n) is 5.27. The Kier molecular flexibility index (Phi) is 7.61. The summed E-state index contributed by atoms with van der Waals surface area (Å²) >= 11 is 5.09. The van der Waals surface area contributed by atoms with Crippen LogP contribution in [0.25, 0.3) is 5.69 Å². The van der Waals surface area contributed by atoms with Crippen molar-refractivity contribution in [3.63, 3.8) is 0 Å². The average Bonchev–Trinajstić information content (AvgIpc) is 3.37. The molecule has 0 spiro atoms. The molecule has 6 rings (SSSR count). The second kappa shape index (κ2) is 11.4. The second-order valence-corrected chi connectivity index (χ2v) is 11.7.